The van der Waals surface area contributed by atoms with Gasteiger partial charge in [-0.05, 0) is 36.5 Å². The lowest BCUT2D eigenvalue weighted by molar-refractivity contribution is 0.183. The molecule has 1 saturated carbocycles. The average molecular weight is 545 g/mol. The number of ether oxygens (including phenoxy) is 1. The van der Waals surface area contributed by atoms with Crippen molar-refractivity contribution in [1.82, 2.24) is 18.8 Å². The van der Waals surface area contributed by atoms with E-state index in [4.69, 9.17) is 4.74 Å². The lowest BCUT2D eigenvalue weighted by atomic mass is 10.0. The van der Waals surface area contributed by atoms with Crippen LogP contribution in [0.15, 0.2) is 35.4 Å². The fourth-order valence-corrected chi connectivity index (χ4v) is 7.46. The topological polar surface area (TPSA) is 84.7 Å². The molecule has 4 heterocycles. The third-order valence-corrected chi connectivity index (χ3v) is 10.0. The lowest BCUT2D eigenvalue weighted by Gasteiger charge is -2.32. The highest BCUT2D eigenvalue weighted by Crippen LogP contribution is 2.35. The van der Waals surface area contributed by atoms with Gasteiger partial charge in [-0.3, -0.25) is 9.69 Å². The Bertz CT molecular complexity index is 1400. The molecule has 200 valence electrons. The van der Waals surface area contributed by atoms with Crippen molar-refractivity contribution in [2.24, 2.45) is 13.0 Å². The van der Waals surface area contributed by atoms with Gasteiger partial charge in [0.25, 0.3) is 5.56 Å². The fourth-order valence-electron chi connectivity index (χ4n) is 5.41. The monoisotopic (exact) mass is 544 g/mol. The summed E-state index contributed by atoms with van der Waals surface area (Å²) in [6, 6.07) is 5.96. The van der Waals surface area contributed by atoms with Crippen LogP contribution in [0.2, 0.25) is 0 Å². The Balaban J connectivity index is 1.36. The lowest BCUT2D eigenvalue weighted by Crippen LogP contribution is -2.47. The third-order valence-electron chi connectivity index (χ3n) is 7.57. The van der Waals surface area contributed by atoms with Gasteiger partial charge in [0.2, 0.25) is 15.9 Å². The molecule has 0 unspecified atom stereocenters. The van der Waals surface area contributed by atoms with Crippen molar-refractivity contribution >= 4 is 31.4 Å². The molecular formula is C27H36N4O4S2. The Kier molecular flexibility index (Phi) is 7.99. The zero-order valence-electron chi connectivity index (χ0n) is 21.7. The molecule has 0 bridgehead atoms. The number of aromatic nitrogens is 2. The van der Waals surface area contributed by atoms with Crippen LogP contribution in [-0.2, 0) is 23.6 Å². The molecule has 37 heavy (non-hydrogen) atoms. The summed E-state index contributed by atoms with van der Waals surface area (Å²) in [6.07, 6.45) is 12.6. The van der Waals surface area contributed by atoms with Crippen LogP contribution in [0.25, 0.3) is 21.2 Å². The van der Waals surface area contributed by atoms with E-state index >= 15 is 0 Å². The predicted molar refractivity (Wildman–Crippen MR) is 149 cm³/mol. The molecule has 8 nitrogen and oxygen atoms in total. The van der Waals surface area contributed by atoms with Crippen molar-refractivity contribution in [1.29, 1.82) is 0 Å². The molecule has 0 N–H and O–H groups in total. The number of fused-ring (bicyclic) bond motifs is 1. The third kappa shape index (κ3) is 6.25. The van der Waals surface area contributed by atoms with Crippen LogP contribution >= 0.6 is 11.3 Å². The standard InChI is InChI=1S/C27H36N4O4S2/c1-29-18-24(21-9-10-28-25(15-21)35-19-20-7-5-3-4-6-8-20)26-23(27(29)32)16-22(36-26)17-30-11-13-31(14-12-30)37(2,33)34/h9-10,15-16,18,20H,3-8,11-14,17,19H2,1-2H3. The minimum absolute atomic E-state index is 0.0120. The molecule has 0 spiro atoms. The second-order valence-corrected chi connectivity index (χ2v) is 13.5. The Morgan fingerprint density at radius 2 is 1.81 bits per heavy atom. The van der Waals surface area contributed by atoms with Gasteiger partial charge in [-0.2, -0.15) is 4.31 Å². The van der Waals surface area contributed by atoms with Crippen LogP contribution in [-0.4, -0.2) is 66.2 Å². The predicted octanol–water partition coefficient (Wildman–Crippen LogP) is 4.09. The number of rotatable bonds is 7. The van der Waals surface area contributed by atoms with Crippen LogP contribution in [0.4, 0.5) is 0 Å². The molecule has 10 heteroatoms. The van der Waals surface area contributed by atoms with Gasteiger partial charge in [0.15, 0.2) is 0 Å². The van der Waals surface area contributed by atoms with Crippen LogP contribution in [0, 0.1) is 5.92 Å². The van der Waals surface area contributed by atoms with Crippen LogP contribution in [0.3, 0.4) is 0 Å². The second-order valence-electron chi connectivity index (χ2n) is 10.4. The van der Waals surface area contributed by atoms with Crippen LogP contribution in [0.1, 0.15) is 43.4 Å². The Labute approximate surface area is 222 Å². The maximum absolute atomic E-state index is 13.0. The number of piperazine rings is 1. The van der Waals surface area contributed by atoms with E-state index in [2.05, 4.69) is 9.88 Å². The maximum atomic E-state index is 13.0. The number of nitrogens with zero attached hydrogens (tertiary/aromatic N) is 4. The Morgan fingerprint density at radius 1 is 1.08 bits per heavy atom. The van der Waals surface area contributed by atoms with Gasteiger partial charge in [0.05, 0.1) is 18.2 Å². The quantitative estimate of drug-likeness (QED) is 0.417. The summed E-state index contributed by atoms with van der Waals surface area (Å²) >= 11 is 1.64. The summed E-state index contributed by atoms with van der Waals surface area (Å²) in [7, 11) is -1.37. The van der Waals surface area contributed by atoms with E-state index in [1.165, 1.54) is 49.1 Å². The molecule has 3 aromatic rings. The van der Waals surface area contributed by atoms with Crippen molar-refractivity contribution in [2.75, 3.05) is 39.0 Å². The first-order valence-corrected chi connectivity index (χ1v) is 15.8. The first kappa shape index (κ1) is 26.3. The highest BCUT2D eigenvalue weighted by molar-refractivity contribution is 7.88. The summed E-state index contributed by atoms with van der Waals surface area (Å²) in [5, 5.41) is 0.715. The molecule has 0 amide bonds. The molecular weight excluding hydrogens is 508 g/mol. The number of sulfonamides is 1. The minimum Gasteiger partial charge on any atom is -0.477 e. The van der Waals surface area contributed by atoms with Gasteiger partial charge in [0.1, 0.15) is 0 Å². The van der Waals surface area contributed by atoms with Gasteiger partial charge in [-0.15, -0.1) is 11.3 Å². The summed E-state index contributed by atoms with van der Waals surface area (Å²) in [6.45, 7) is 3.76. The van der Waals surface area contributed by atoms with Gasteiger partial charge in [-0.1, -0.05) is 25.7 Å². The second kappa shape index (κ2) is 11.2. The zero-order chi connectivity index (χ0) is 26.0. The van der Waals surface area contributed by atoms with Crippen LogP contribution < -0.4 is 10.3 Å². The molecule has 1 saturated heterocycles. The van der Waals surface area contributed by atoms with Crippen LogP contribution in [0.5, 0.6) is 5.88 Å². The van der Waals surface area contributed by atoms with Crippen molar-refractivity contribution in [3.63, 3.8) is 0 Å². The van der Waals surface area contributed by atoms with E-state index in [0.717, 1.165) is 20.7 Å². The van der Waals surface area contributed by atoms with E-state index in [-0.39, 0.29) is 5.56 Å². The number of aryl methyl sites for hydroxylation is 1. The maximum Gasteiger partial charge on any atom is 0.259 e. The van der Waals surface area contributed by atoms with Gasteiger partial charge >= 0.3 is 0 Å². The summed E-state index contributed by atoms with van der Waals surface area (Å²) in [4.78, 5) is 20.8. The minimum atomic E-state index is -3.16. The van der Waals surface area contributed by atoms with Gasteiger partial charge in [0, 0.05) is 73.4 Å². The molecule has 2 aliphatic rings. The zero-order valence-corrected chi connectivity index (χ0v) is 23.3. The molecule has 0 radical (unpaired) electrons. The summed E-state index contributed by atoms with van der Waals surface area (Å²) in [5.41, 5.74) is 1.97. The normalized spacial score (nSPS) is 18.8. The molecule has 0 aromatic carbocycles. The highest BCUT2D eigenvalue weighted by atomic mass is 32.2. The molecule has 3 aromatic heterocycles. The SMILES string of the molecule is Cn1cc(-c2ccnc(OCC3CCCCCC3)c2)c2sc(CN3CCN(S(C)(=O)=O)CC3)cc2c1=O. The van der Waals surface area contributed by atoms with E-state index < -0.39 is 10.0 Å². The van der Waals surface area contributed by atoms with Crippen molar-refractivity contribution in [2.45, 2.75) is 45.1 Å². The Hall–Kier alpha value is -2.27. The summed E-state index contributed by atoms with van der Waals surface area (Å²) < 4.78 is 33.9. The molecule has 1 aliphatic heterocycles. The molecule has 1 aliphatic carbocycles. The fraction of sp³-hybridized carbons (Fsp3) is 0.556. The number of hydrogen-bond donors (Lipinski definition) is 0. The van der Waals surface area contributed by atoms with Crippen molar-refractivity contribution < 1.29 is 13.2 Å². The molecule has 0 atom stereocenters. The molecule has 5 rings (SSSR count). The van der Waals surface area contributed by atoms with Crippen molar-refractivity contribution in [3.05, 3.63) is 45.8 Å². The highest BCUT2D eigenvalue weighted by Gasteiger charge is 2.24. The first-order chi connectivity index (χ1) is 17.8. The van der Waals surface area contributed by atoms with Crippen molar-refractivity contribution in [3.8, 4) is 17.0 Å². The number of thiophene rings is 1. The number of pyridine rings is 2. The average Bonchev–Trinajstić information content (AvgIpc) is 3.12. The van der Waals surface area contributed by atoms with Gasteiger partial charge in [-0.25, -0.2) is 13.4 Å². The first-order valence-electron chi connectivity index (χ1n) is 13.2. The van der Waals surface area contributed by atoms with E-state index in [1.807, 2.05) is 24.4 Å². The van der Waals surface area contributed by atoms with E-state index in [1.54, 1.807) is 29.1 Å². The van der Waals surface area contributed by atoms with Gasteiger partial charge < -0.3 is 9.30 Å². The van der Waals surface area contributed by atoms with E-state index in [9.17, 15) is 13.2 Å². The van der Waals surface area contributed by atoms with E-state index in [0.29, 0.717) is 56.5 Å². The largest absolute Gasteiger partial charge is 0.477 e. The Morgan fingerprint density at radius 3 is 2.51 bits per heavy atom. The molecule has 2 fully saturated rings. The number of hydrogen-bond acceptors (Lipinski definition) is 7. The smallest absolute Gasteiger partial charge is 0.259 e. The summed E-state index contributed by atoms with van der Waals surface area (Å²) in [5.74, 6) is 1.22.